The zero-order valence-electron chi connectivity index (χ0n) is 25.9. The number of hydrogen-bond acceptors (Lipinski definition) is 5. The quantitative estimate of drug-likeness (QED) is 0.405. The molecule has 2 aliphatic rings. The maximum absolute atomic E-state index is 12.7. The Morgan fingerprint density at radius 3 is 2.05 bits per heavy atom. The Kier molecular flexibility index (Phi) is 27.2. The number of amides is 1. The van der Waals surface area contributed by atoms with E-state index in [4.69, 9.17) is 0 Å². The fourth-order valence-electron chi connectivity index (χ4n) is 3.51. The second-order valence-electron chi connectivity index (χ2n) is 7.91. The van der Waals surface area contributed by atoms with Crippen LogP contribution in [0.4, 0.5) is 13.2 Å². The van der Waals surface area contributed by atoms with E-state index in [0.29, 0.717) is 24.6 Å². The molecule has 1 saturated carbocycles. The van der Waals surface area contributed by atoms with E-state index >= 15 is 0 Å². The number of pyridine rings is 1. The molecule has 3 rings (SSSR count). The SMILES string of the molecule is CC.CC.CC.CCCC.CCOC.CNC1CCC(C(=O)N2CCc3ncc(OC(F)(F)F)cc3C2)C1. The van der Waals surface area contributed by atoms with Gasteiger partial charge in [-0.3, -0.25) is 9.78 Å². The van der Waals surface area contributed by atoms with E-state index in [-0.39, 0.29) is 24.1 Å². The highest BCUT2D eigenvalue weighted by molar-refractivity contribution is 5.79. The van der Waals surface area contributed by atoms with Crippen LogP contribution in [0.15, 0.2) is 12.3 Å². The normalized spacial score (nSPS) is 17.2. The van der Waals surface area contributed by atoms with Crippen LogP contribution in [0.25, 0.3) is 0 Å². The van der Waals surface area contributed by atoms with Gasteiger partial charge in [-0.1, -0.05) is 68.2 Å². The summed E-state index contributed by atoms with van der Waals surface area (Å²) in [7, 11) is 3.57. The molecule has 0 radical (unpaired) electrons. The minimum Gasteiger partial charge on any atom is -0.404 e. The first-order valence-electron chi connectivity index (χ1n) is 14.4. The molecule has 2 heterocycles. The van der Waals surface area contributed by atoms with Crippen LogP contribution in [-0.2, 0) is 22.5 Å². The summed E-state index contributed by atoms with van der Waals surface area (Å²) < 4.78 is 45.5. The van der Waals surface area contributed by atoms with Gasteiger partial charge in [-0.25, -0.2) is 0 Å². The van der Waals surface area contributed by atoms with Crippen LogP contribution in [-0.4, -0.2) is 55.5 Å². The Balaban J connectivity index is -0.000000741. The van der Waals surface area contributed by atoms with Crippen molar-refractivity contribution in [1.29, 1.82) is 0 Å². The van der Waals surface area contributed by atoms with Gasteiger partial charge in [0.2, 0.25) is 5.91 Å². The summed E-state index contributed by atoms with van der Waals surface area (Å²) in [5.74, 6) is -0.265. The van der Waals surface area contributed by atoms with Crippen molar-refractivity contribution in [3.05, 3.63) is 23.5 Å². The molecule has 0 aromatic carbocycles. The van der Waals surface area contributed by atoms with Gasteiger partial charge in [-0.05, 0) is 44.9 Å². The lowest BCUT2D eigenvalue weighted by molar-refractivity contribution is -0.274. The van der Waals surface area contributed by atoms with Crippen molar-refractivity contribution >= 4 is 5.91 Å². The molecule has 9 heteroatoms. The van der Waals surface area contributed by atoms with E-state index in [0.717, 1.165) is 37.8 Å². The van der Waals surface area contributed by atoms with Crippen LogP contribution in [0, 0.1) is 5.92 Å². The predicted molar refractivity (Wildman–Crippen MR) is 152 cm³/mol. The number of rotatable bonds is 5. The molecule has 1 aromatic rings. The molecule has 6 nitrogen and oxygen atoms in total. The van der Waals surface area contributed by atoms with E-state index in [1.165, 1.54) is 18.9 Å². The lowest BCUT2D eigenvalue weighted by atomic mass is 10.0. The molecule has 0 bridgehead atoms. The van der Waals surface area contributed by atoms with Crippen molar-refractivity contribution in [2.45, 2.75) is 120 Å². The summed E-state index contributed by atoms with van der Waals surface area (Å²) in [6.07, 6.45) is 2.17. The third-order valence-corrected chi connectivity index (χ3v) is 5.54. The summed E-state index contributed by atoms with van der Waals surface area (Å²) in [6.45, 7) is 20.0. The number of nitrogens with one attached hydrogen (secondary N) is 1. The van der Waals surface area contributed by atoms with Gasteiger partial charge in [-0.15, -0.1) is 13.2 Å². The standard InChI is InChI=1S/C16H20F3N3O2.C4H10.C3H8O.3C2H6/c1-20-12-3-2-10(6-12)15(23)22-5-4-14-11(9-22)7-13(8-21-14)24-16(17,18)19;2*1-3-4-2;3*1-2/h7-8,10,12,20H,2-6,9H2,1H3;3-4H2,1-2H3;3H2,1-2H3;3*1-2H3. The van der Waals surface area contributed by atoms with Gasteiger partial charge in [0.05, 0.1) is 6.20 Å². The fourth-order valence-corrected chi connectivity index (χ4v) is 3.51. The highest BCUT2D eigenvalue weighted by atomic mass is 19.4. The first-order chi connectivity index (χ1) is 18.2. The lowest BCUT2D eigenvalue weighted by Crippen LogP contribution is -2.40. The topological polar surface area (TPSA) is 63.7 Å². The van der Waals surface area contributed by atoms with Gasteiger partial charge in [0.25, 0.3) is 0 Å². The number of methoxy groups -OCH3 is 1. The van der Waals surface area contributed by atoms with Crippen LogP contribution in [0.3, 0.4) is 0 Å². The molecule has 2 unspecified atom stereocenters. The largest absolute Gasteiger partial charge is 0.573 e. The maximum Gasteiger partial charge on any atom is 0.573 e. The van der Waals surface area contributed by atoms with Gasteiger partial charge in [0, 0.05) is 50.9 Å². The molecule has 38 heavy (non-hydrogen) atoms. The Labute approximate surface area is 231 Å². The van der Waals surface area contributed by atoms with Crippen molar-refractivity contribution in [1.82, 2.24) is 15.2 Å². The zero-order valence-corrected chi connectivity index (χ0v) is 25.9. The van der Waals surface area contributed by atoms with Gasteiger partial charge in [0.15, 0.2) is 0 Å². The van der Waals surface area contributed by atoms with Crippen molar-refractivity contribution in [2.75, 3.05) is 27.3 Å². The molecular formula is C29H56F3N3O3. The summed E-state index contributed by atoms with van der Waals surface area (Å²) in [5, 5.41) is 3.19. The number of carbonyl (C=O) groups excluding carboxylic acids is 1. The summed E-state index contributed by atoms with van der Waals surface area (Å²) in [6, 6.07) is 1.70. The van der Waals surface area contributed by atoms with Crippen molar-refractivity contribution in [3.63, 3.8) is 0 Å². The molecule has 2 atom stereocenters. The molecule has 1 aliphatic carbocycles. The van der Waals surface area contributed by atoms with Crippen molar-refractivity contribution in [3.8, 4) is 5.75 Å². The first-order valence-corrected chi connectivity index (χ1v) is 14.4. The van der Waals surface area contributed by atoms with Crippen LogP contribution in [0.5, 0.6) is 5.75 Å². The smallest absolute Gasteiger partial charge is 0.404 e. The van der Waals surface area contributed by atoms with Crippen LogP contribution in [0.1, 0.15) is 106 Å². The second-order valence-corrected chi connectivity index (χ2v) is 7.91. The van der Waals surface area contributed by atoms with Crippen LogP contribution < -0.4 is 10.1 Å². The minimum absolute atomic E-state index is 0.00781. The third-order valence-electron chi connectivity index (χ3n) is 5.54. The number of alkyl halides is 3. The first kappa shape index (κ1) is 40.6. The van der Waals surface area contributed by atoms with Gasteiger partial charge >= 0.3 is 6.36 Å². The number of hydrogen-bond donors (Lipinski definition) is 1. The Morgan fingerprint density at radius 2 is 1.63 bits per heavy atom. The average Bonchev–Trinajstić information content (AvgIpc) is 3.44. The van der Waals surface area contributed by atoms with Crippen LogP contribution >= 0.6 is 0 Å². The molecule has 1 aliphatic heterocycles. The Hall–Kier alpha value is -1.87. The monoisotopic (exact) mass is 551 g/mol. The van der Waals surface area contributed by atoms with Crippen LogP contribution in [0.2, 0.25) is 0 Å². The highest BCUT2D eigenvalue weighted by Gasteiger charge is 2.34. The molecule has 1 aromatic heterocycles. The predicted octanol–water partition coefficient (Wildman–Crippen LogP) is 7.79. The van der Waals surface area contributed by atoms with E-state index in [9.17, 15) is 18.0 Å². The molecule has 0 saturated heterocycles. The number of aromatic nitrogens is 1. The van der Waals surface area contributed by atoms with Crippen molar-refractivity contribution in [2.24, 2.45) is 5.92 Å². The highest BCUT2D eigenvalue weighted by Crippen LogP contribution is 2.30. The number of fused-ring (bicyclic) bond motifs is 1. The van der Waals surface area contributed by atoms with Crippen molar-refractivity contribution < 1.29 is 27.4 Å². The molecular weight excluding hydrogens is 495 g/mol. The summed E-state index contributed by atoms with van der Waals surface area (Å²) in [4.78, 5) is 18.4. The number of ether oxygens (including phenoxy) is 2. The van der Waals surface area contributed by atoms with E-state index < -0.39 is 6.36 Å². The lowest BCUT2D eigenvalue weighted by Gasteiger charge is -2.30. The number of halogens is 3. The maximum atomic E-state index is 12.7. The number of unbranched alkanes of at least 4 members (excludes halogenated alkanes) is 1. The second kappa shape index (κ2) is 25.4. The molecule has 0 spiro atoms. The number of carbonyl (C=O) groups is 1. The zero-order chi connectivity index (χ0) is 30.1. The van der Waals surface area contributed by atoms with Gasteiger partial charge < -0.3 is 19.7 Å². The van der Waals surface area contributed by atoms with E-state index in [1.807, 2.05) is 55.5 Å². The van der Waals surface area contributed by atoms with Gasteiger partial charge in [0.1, 0.15) is 5.75 Å². The molecule has 226 valence electrons. The molecule has 1 amide bonds. The van der Waals surface area contributed by atoms with Gasteiger partial charge in [-0.2, -0.15) is 0 Å². The minimum atomic E-state index is -4.74. The summed E-state index contributed by atoms with van der Waals surface area (Å²) >= 11 is 0. The number of nitrogens with zero attached hydrogens (tertiary/aromatic N) is 2. The molecule has 1 fully saturated rings. The van der Waals surface area contributed by atoms with E-state index in [2.05, 4.69) is 33.6 Å². The Bertz CT molecular complexity index is 681. The third kappa shape index (κ3) is 17.6. The Morgan fingerprint density at radius 1 is 1.08 bits per heavy atom. The average molecular weight is 552 g/mol. The van der Waals surface area contributed by atoms with E-state index in [1.54, 1.807) is 12.0 Å². The summed E-state index contributed by atoms with van der Waals surface area (Å²) in [5.41, 5.74) is 1.35. The fraction of sp³-hybridized carbons (Fsp3) is 0.793. The molecule has 1 N–H and O–H groups in total.